The van der Waals surface area contributed by atoms with E-state index in [1.165, 1.54) is 4.68 Å². The summed E-state index contributed by atoms with van der Waals surface area (Å²) in [4.78, 5) is 15.6. The number of carboxylic acid groups (broad SMARTS) is 1. The van der Waals surface area contributed by atoms with Crippen molar-refractivity contribution >= 4 is 5.97 Å². The van der Waals surface area contributed by atoms with E-state index in [1.54, 1.807) is 24.5 Å². The maximum atomic E-state index is 11.5. The van der Waals surface area contributed by atoms with Gasteiger partial charge in [0.25, 0.3) is 0 Å². The van der Waals surface area contributed by atoms with Crippen molar-refractivity contribution in [1.82, 2.24) is 14.8 Å². The predicted molar refractivity (Wildman–Crippen MR) is 83.2 cm³/mol. The summed E-state index contributed by atoms with van der Waals surface area (Å²) in [6, 6.07) is 11.1. The van der Waals surface area contributed by atoms with Crippen molar-refractivity contribution in [3.8, 4) is 16.9 Å². The van der Waals surface area contributed by atoms with Crippen LogP contribution in [0.1, 0.15) is 21.6 Å². The molecule has 5 nitrogen and oxygen atoms in total. The van der Waals surface area contributed by atoms with Crippen molar-refractivity contribution in [3.63, 3.8) is 0 Å². The third-order valence-electron chi connectivity index (χ3n) is 3.47. The van der Waals surface area contributed by atoms with E-state index >= 15 is 0 Å². The second kappa shape index (κ2) is 5.44. The number of carboxylic acids is 1. The Kier molecular flexibility index (Phi) is 3.47. The van der Waals surface area contributed by atoms with Crippen LogP contribution >= 0.6 is 0 Å². The quantitative estimate of drug-likeness (QED) is 0.805. The normalized spacial score (nSPS) is 10.6. The van der Waals surface area contributed by atoms with Crippen molar-refractivity contribution in [2.45, 2.75) is 13.8 Å². The van der Waals surface area contributed by atoms with E-state index in [1.807, 2.05) is 38.1 Å². The van der Waals surface area contributed by atoms with E-state index in [9.17, 15) is 9.90 Å². The van der Waals surface area contributed by atoms with Gasteiger partial charge in [-0.15, -0.1) is 0 Å². The summed E-state index contributed by atoms with van der Waals surface area (Å²) in [7, 11) is 0. The molecule has 3 aromatic rings. The molecule has 0 atom stereocenters. The fraction of sp³-hybridized carbons (Fsp3) is 0.118. The van der Waals surface area contributed by atoms with E-state index in [4.69, 9.17) is 0 Å². The molecule has 0 saturated carbocycles. The number of hydrogen-bond donors (Lipinski definition) is 1. The van der Waals surface area contributed by atoms with Gasteiger partial charge in [-0.1, -0.05) is 17.7 Å². The Balaban J connectivity index is 2.18. The van der Waals surface area contributed by atoms with Gasteiger partial charge >= 0.3 is 5.97 Å². The first-order valence-corrected chi connectivity index (χ1v) is 6.87. The summed E-state index contributed by atoms with van der Waals surface area (Å²) < 4.78 is 1.47. The number of aryl methyl sites for hydroxylation is 2. The van der Waals surface area contributed by atoms with E-state index < -0.39 is 5.97 Å². The number of nitrogens with zero attached hydrogens (tertiary/aromatic N) is 3. The van der Waals surface area contributed by atoms with Crippen molar-refractivity contribution in [2.75, 3.05) is 0 Å². The Morgan fingerprint density at radius 2 is 2.00 bits per heavy atom. The lowest BCUT2D eigenvalue weighted by Gasteiger charge is -2.08. The van der Waals surface area contributed by atoms with Gasteiger partial charge < -0.3 is 5.11 Å². The molecule has 0 radical (unpaired) electrons. The lowest BCUT2D eigenvalue weighted by Crippen LogP contribution is -2.09. The van der Waals surface area contributed by atoms with Gasteiger partial charge in [0.05, 0.1) is 11.4 Å². The van der Waals surface area contributed by atoms with E-state index in [-0.39, 0.29) is 5.69 Å². The lowest BCUT2D eigenvalue weighted by atomic mass is 10.1. The first-order chi connectivity index (χ1) is 10.6. The number of aromatic nitrogens is 3. The SMILES string of the molecule is Cc1ccc(-n2nc(-c3cccnc3)cc2C(=O)O)c(C)c1. The monoisotopic (exact) mass is 293 g/mol. The fourth-order valence-electron chi connectivity index (χ4n) is 2.42. The average molecular weight is 293 g/mol. The Morgan fingerprint density at radius 1 is 1.18 bits per heavy atom. The van der Waals surface area contributed by atoms with Crippen molar-refractivity contribution in [1.29, 1.82) is 0 Å². The Bertz CT molecular complexity index is 838. The molecular formula is C17H15N3O2. The van der Waals surface area contributed by atoms with Crippen molar-refractivity contribution in [3.05, 3.63) is 65.6 Å². The van der Waals surface area contributed by atoms with E-state index in [0.29, 0.717) is 5.69 Å². The molecule has 0 fully saturated rings. The third kappa shape index (κ3) is 2.48. The topological polar surface area (TPSA) is 68.0 Å². The molecule has 0 amide bonds. The molecule has 3 rings (SSSR count). The largest absolute Gasteiger partial charge is 0.477 e. The van der Waals surface area contributed by atoms with Crippen LogP contribution in [0.3, 0.4) is 0 Å². The number of aromatic carboxylic acids is 1. The smallest absolute Gasteiger partial charge is 0.354 e. The van der Waals surface area contributed by atoms with Gasteiger partial charge in [-0.3, -0.25) is 4.98 Å². The number of pyridine rings is 1. The highest BCUT2D eigenvalue weighted by molar-refractivity contribution is 5.88. The molecule has 0 unspecified atom stereocenters. The zero-order chi connectivity index (χ0) is 15.7. The highest BCUT2D eigenvalue weighted by Gasteiger charge is 2.17. The maximum absolute atomic E-state index is 11.5. The minimum absolute atomic E-state index is 0.130. The van der Waals surface area contributed by atoms with E-state index in [0.717, 1.165) is 22.4 Å². The van der Waals surface area contributed by atoms with Crippen LogP contribution in [0.2, 0.25) is 0 Å². The molecule has 2 heterocycles. The highest BCUT2D eigenvalue weighted by Crippen LogP contribution is 2.23. The molecule has 5 heteroatoms. The number of benzene rings is 1. The molecule has 1 aromatic carbocycles. The van der Waals surface area contributed by atoms with Gasteiger partial charge in [0.2, 0.25) is 0 Å². The summed E-state index contributed by atoms with van der Waals surface area (Å²) in [6.45, 7) is 3.94. The van der Waals surface area contributed by atoms with Crippen LogP contribution in [0, 0.1) is 13.8 Å². The molecule has 0 saturated heterocycles. The van der Waals surface area contributed by atoms with Crippen molar-refractivity contribution < 1.29 is 9.90 Å². The van der Waals surface area contributed by atoms with Crippen LogP contribution in [-0.4, -0.2) is 25.8 Å². The number of carbonyl (C=O) groups is 1. The van der Waals surface area contributed by atoms with Gasteiger partial charge in [0.15, 0.2) is 5.69 Å². The number of rotatable bonds is 3. The second-order valence-electron chi connectivity index (χ2n) is 5.16. The van der Waals surface area contributed by atoms with Gasteiger partial charge in [0.1, 0.15) is 0 Å². The molecule has 0 aliphatic rings. The predicted octanol–water partition coefficient (Wildman–Crippen LogP) is 3.25. The fourth-order valence-corrected chi connectivity index (χ4v) is 2.42. The van der Waals surface area contributed by atoms with Crippen LogP contribution in [0.4, 0.5) is 0 Å². The van der Waals surface area contributed by atoms with Gasteiger partial charge in [-0.05, 0) is 43.7 Å². The minimum atomic E-state index is -1.01. The zero-order valence-corrected chi connectivity index (χ0v) is 12.3. The molecular weight excluding hydrogens is 278 g/mol. The summed E-state index contributed by atoms with van der Waals surface area (Å²) in [5.74, 6) is -1.01. The molecule has 0 aliphatic carbocycles. The molecule has 0 bridgehead atoms. The Hall–Kier alpha value is -2.95. The van der Waals surface area contributed by atoms with Crippen LogP contribution in [0.5, 0.6) is 0 Å². The molecule has 110 valence electrons. The maximum Gasteiger partial charge on any atom is 0.354 e. The van der Waals surface area contributed by atoms with Crippen molar-refractivity contribution in [2.24, 2.45) is 0 Å². The number of hydrogen-bond acceptors (Lipinski definition) is 3. The molecule has 0 spiro atoms. The molecule has 22 heavy (non-hydrogen) atoms. The molecule has 0 aliphatic heterocycles. The highest BCUT2D eigenvalue weighted by atomic mass is 16.4. The first kappa shape index (κ1) is 14.0. The summed E-state index contributed by atoms with van der Waals surface area (Å²) in [6.07, 6.45) is 3.34. The Morgan fingerprint density at radius 3 is 2.64 bits per heavy atom. The van der Waals surface area contributed by atoms with Gasteiger partial charge in [-0.25, -0.2) is 9.48 Å². The van der Waals surface area contributed by atoms with Gasteiger partial charge in [-0.2, -0.15) is 5.10 Å². The Labute approximate surface area is 127 Å². The van der Waals surface area contributed by atoms with Gasteiger partial charge in [0, 0.05) is 18.0 Å². The average Bonchev–Trinajstić information content (AvgIpc) is 2.93. The third-order valence-corrected chi connectivity index (χ3v) is 3.47. The van der Waals surface area contributed by atoms with Crippen LogP contribution in [-0.2, 0) is 0 Å². The van der Waals surface area contributed by atoms with E-state index in [2.05, 4.69) is 10.1 Å². The summed E-state index contributed by atoms with van der Waals surface area (Å²) in [5.41, 5.74) is 4.36. The summed E-state index contributed by atoms with van der Waals surface area (Å²) in [5, 5.41) is 13.9. The second-order valence-corrected chi connectivity index (χ2v) is 5.16. The van der Waals surface area contributed by atoms with Crippen LogP contribution < -0.4 is 0 Å². The lowest BCUT2D eigenvalue weighted by molar-refractivity contribution is 0.0687. The zero-order valence-electron chi connectivity index (χ0n) is 12.3. The standard InChI is InChI=1S/C17H15N3O2/c1-11-5-6-15(12(2)8-11)20-16(17(21)22)9-14(19-20)13-4-3-7-18-10-13/h3-10H,1-2H3,(H,21,22). The molecule has 2 aromatic heterocycles. The molecule has 1 N–H and O–H groups in total. The van der Waals surface area contributed by atoms with Crippen LogP contribution in [0.15, 0.2) is 48.8 Å². The first-order valence-electron chi connectivity index (χ1n) is 6.87. The minimum Gasteiger partial charge on any atom is -0.477 e. The van der Waals surface area contributed by atoms with Crippen LogP contribution in [0.25, 0.3) is 16.9 Å². The summed E-state index contributed by atoms with van der Waals surface area (Å²) >= 11 is 0.